The molecule has 88 valence electrons. The average Bonchev–Trinajstić information content (AvgIpc) is 2.28. The number of halogens is 1. The quantitative estimate of drug-likeness (QED) is 0.871. The molecule has 0 aliphatic rings. The standard InChI is InChI=1S/C15H15BrO/c1-10-7-11(2)15(17)13(8-10)9-12-5-3-4-6-14(12)16/h3-8,17H,9H2,1-2H3. The number of benzene rings is 2. The summed E-state index contributed by atoms with van der Waals surface area (Å²) in [5, 5.41) is 10.1. The fourth-order valence-electron chi connectivity index (χ4n) is 2.03. The van der Waals surface area contributed by atoms with Crippen LogP contribution in [-0.4, -0.2) is 5.11 Å². The van der Waals surface area contributed by atoms with Crippen LogP contribution in [0.3, 0.4) is 0 Å². The molecule has 2 aromatic rings. The van der Waals surface area contributed by atoms with Gasteiger partial charge in [0.15, 0.2) is 0 Å². The largest absolute Gasteiger partial charge is 0.507 e. The molecule has 2 aromatic carbocycles. The van der Waals surface area contributed by atoms with Crippen molar-refractivity contribution in [2.75, 3.05) is 0 Å². The second kappa shape index (κ2) is 4.92. The third-order valence-corrected chi connectivity index (χ3v) is 3.64. The van der Waals surface area contributed by atoms with E-state index in [2.05, 4.69) is 28.9 Å². The number of aryl methyl sites for hydroxylation is 2. The van der Waals surface area contributed by atoms with Gasteiger partial charge in [0.1, 0.15) is 5.75 Å². The van der Waals surface area contributed by atoms with Crippen LogP contribution in [0.1, 0.15) is 22.3 Å². The number of aromatic hydroxyl groups is 1. The summed E-state index contributed by atoms with van der Waals surface area (Å²) in [5.41, 5.74) is 4.29. The van der Waals surface area contributed by atoms with Crippen molar-refractivity contribution >= 4 is 15.9 Å². The van der Waals surface area contributed by atoms with Gasteiger partial charge in [0.2, 0.25) is 0 Å². The zero-order valence-electron chi connectivity index (χ0n) is 10.00. The highest BCUT2D eigenvalue weighted by atomic mass is 79.9. The van der Waals surface area contributed by atoms with Crippen molar-refractivity contribution in [2.45, 2.75) is 20.3 Å². The van der Waals surface area contributed by atoms with Gasteiger partial charge < -0.3 is 5.11 Å². The maximum absolute atomic E-state index is 10.1. The lowest BCUT2D eigenvalue weighted by Gasteiger charge is -2.10. The predicted molar refractivity (Wildman–Crippen MR) is 74.5 cm³/mol. The molecule has 0 heterocycles. The average molecular weight is 291 g/mol. The number of hydrogen-bond donors (Lipinski definition) is 1. The van der Waals surface area contributed by atoms with Gasteiger partial charge in [0.05, 0.1) is 0 Å². The summed E-state index contributed by atoms with van der Waals surface area (Å²) in [6, 6.07) is 12.1. The Morgan fingerprint density at radius 2 is 1.76 bits per heavy atom. The molecular formula is C15H15BrO. The van der Waals surface area contributed by atoms with Crippen LogP contribution >= 0.6 is 15.9 Å². The van der Waals surface area contributed by atoms with E-state index in [-0.39, 0.29) is 0 Å². The molecule has 17 heavy (non-hydrogen) atoms. The normalized spacial score (nSPS) is 10.5. The first-order valence-electron chi connectivity index (χ1n) is 5.60. The van der Waals surface area contributed by atoms with Gasteiger partial charge >= 0.3 is 0 Å². The third kappa shape index (κ3) is 2.70. The molecule has 0 aliphatic heterocycles. The number of rotatable bonds is 2. The van der Waals surface area contributed by atoms with E-state index in [9.17, 15) is 5.11 Å². The van der Waals surface area contributed by atoms with Gasteiger partial charge in [0.25, 0.3) is 0 Å². The summed E-state index contributed by atoms with van der Waals surface area (Å²) in [6.07, 6.45) is 0.746. The summed E-state index contributed by atoms with van der Waals surface area (Å²) in [7, 11) is 0. The zero-order valence-corrected chi connectivity index (χ0v) is 11.6. The van der Waals surface area contributed by atoms with Gasteiger partial charge in [-0.1, -0.05) is 51.8 Å². The van der Waals surface area contributed by atoms with Crippen LogP contribution in [0.4, 0.5) is 0 Å². The zero-order chi connectivity index (χ0) is 12.4. The van der Waals surface area contributed by atoms with Gasteiger partial charge in [-0.2, -0.15) is 0 Å². The SMILES string of the molecule is Cc1cc(C)c(O)c(Cc2ccccc2Br)c1. The van der Waals surface area contributed by atoms with Gasteiger partial charge in [-0.05, 0) is 36.6 Å². The molecule has 0 fully saturated rings. The Kier molecular flexibility index (Phi) is 3.53. The lowest BCUT2D eigenvalue weighted by Crippen LogP contribution is -1.93. The maximum Gasteiger partial charge on any atom is 0.122 e. The van der Waals surface area contributed by atoms with Crippen molar-refractivity contribution in [3.8, 4) is 5.75 Å². The van der Waals surface area contributed by atoms with Crippen LogP contribution in [0.2, 0.25) is 0 Å². The Morgan fingerprint density at radius 1 is 1.06 bits per heavy atom. The van der Waals surface area contributed by atoms with E-state index in [1.807, 2.05) is 37.3 Å². The number of hydrogen-bond acceptors (Lipinski definition) is 1. The molecule has 0 aliphatic carbocycles. The Hall–Kier alpha value is -1.28. The minimum atomic E-state index is 0.409. The van der Waals surface area contributed by atoms with Crippen LogP contribution in [0, 0.1) is 13.8 Å². The van der Waals surface area contributed by atoms with E-state index >= 15 is 0 Å². The van der Waals surface area contributed by atoms with Crippen LogP contribution in [0.5, 0.6) is 5.75 Å². The summed E-state index contributed by atoms with van der Waals surface area (Å²) in [4.78, 5) is 0. The van der Waals surface area contributed by atoms with Crippen molar-refractivity contribution < 1.29 is 5.11 Å². The molecule has 0 bridgehead atoms. The highest BCUT2D eigenvalue weighted by Crippen LogP contribution is 2.28. The molecular weight excluding hydrogens is 276 g/mol. The van der Waals surface area contributed by atoms with Crippen molar-refractivity contribution in [1.29, 1.82) is 0 Å². The van der Waals surface area contributed by atoms with Crippen LogP contribution in [0.25, 0.3) is 0 Å². The van der Waals surface area contributed by atoms with Crippen LogP contribution in [-0.2, 0) is 6.42 Å². The Balaban J connectivity index is 2.40. The molecule has 0 saturated carbocycles. The fraction of sp³-hybridized carbons (Fsp3) is 0.200. The molecule has 0 atom stereocenters. The minimum Gasteiger partial charge on any atom is -0.507 e. The number of phenols is 1. The fourth-order valence-corrected chi connectivity index (χ4v) is 2.45. The van der Waals surface area contributed by atoms with Crippen molar-refractivity contribution in [3.63, 3.8) is 0 Å². The Labute approximate surface area is 110 Å². The first-order chi connectivity index (χ1) is 8.08. The maximum atomic E-state index is 10.1. The van der Waals surface area contributed by atoms with Gasteiger partial charge in [-0.15, -0.1) is 0 Å². The molecule has 2 heteroatoms. The van der Waals surface area contributed by atoms with E-state index in [0.717, 1.165) is 22.0 Å². The van der Waals surface area contributed by atoms with E-state index in [4.69, 9.17) is 0 Å². The molecule has 1 N–H and O–H groups in total. The van der Waals surface area contributed by atoms with Gasteiger partial charge in [-0.25, -0.2) is 0 Å². The number of phenolic OH excluding ortho intramolecular Hbond substituents is 1. The molecule has 0 unspecified atom stereocenters. The Bertz CT molecular complexity index is 547. The Morgan fingerprint density at radius 3 is 2.47 bits per heavy atom. The molecule has 2 rings (SSSR count). The molecule has 0 aromatic heterocycles. The van der Waals surface area contributed by atoms with Crippen LogP contribution < -0.4 is 0 Å². The first kappa shape index (κ1) is 12.2. The lowest BCUT2D eigenvalue weighted by atomic mass is 9.99. The minimum absolute atomic E-state index is 0.409. The molecule has 0 amide bonds. The van der Waals surface area contributed by atoms with Crippen LogP contribution in [0.15, 0.2) is 40.9 Å². The summed E-state index contributed by atoms with van der Waals surface area (Å²) in [6.45, 7) is 3.99. The van der Waals surface area contributed by atoms with E-state index in [0.29, 0.717) is 5.75 Å². The smallest absolute Gasteiger partial charge is 0.122 e. The van der Waals surface area contributed by atoms with E-state index < -0.39 is 0 Å². The summed E-state index contributed by atoms with van der Waals surface area (Å²) >= 11 is 3.53. The molecule has 1 nitrogen and oxygen atoms in total. The topological polar surface area (TPSA) is 20.2 Å². The monoisotopic (exact) mass is 290 g/mol. The van der Waals surface area contributed by atoms with Crippen molar-refractivity contribution in [3.05, 3.63) is 63.1 Å². The molecule has 0 saturated heterocycles. The van der Waals surface area contributed by atoms with E-state index in [1.165, 1.54) is 11.1 Å². The first-order valence-corrected chi connectivity index (χ1v) is 6.39. The third-order valence-electron chi connectivity index (χ3n) is 2.86. The highest BCUT2D eigenvalue weighted by Gasteiger charge is 2.08. The summed E-state index contributed by atoms with van der Waals surface area (Å²) < 4.78 is 1.08. The molecule has 0 spiro atoms. The molecule has 0 radical (unpaired) electrons. The predicted octanol–water partition coefficient (Wildman–Crippen LogP) is 4.36. The van der Waals surface area contributed by atoms with Crippen molar-refractivity contribution in [1.82, 2.24) is 0 Å². The highest BCUT2D eigenvalue weighted by molar-refractivity contribution is 9.10. The summed E-state index contributed by atoms with van der Waals surface area (Å²) in [5.74, 6) is 0.409. The van der Waals surface area contributed by atoms with Crippen molar-refractivity contribution in [2.24, 2.45) is 0 Å². The second-order valence-electron chi connectivity index (χ2n) is 4.36. The van der Waals surface area contributed by atoms with Gasteiger partial charge in [0, 0.05) is 10.9 Å². The second-order valence-corrected chi connectivity index (χ2v) is 5.21. The lowest BCUT2D eigenvalue weighted by molar-refractivity contribution is 0.465. The van der Waals surface area contributed by atoms with Gasteiger partial charge in [-0.3, -0.25) is 0 Å². The van der Waals surface area contributed by atoms with E-state index in [1.54, 1.807) is 0 Å².